The number of aromatic nitrogens is 3. The zero-order valence-corrected chi connectivity index (χ0v) is 22.7. The number of hydrogen-bond acceptors (Lipinski definition) is 9. The molecule has 1 fully saturated rings. The van der Waals surface area contributed by atoms with Crippen molar-refractivity contribution < 1.29 is 19.1 Å². The molecule has 2 N–H and O–H groups in total. The number of pyridine rings is 1. The SMILES string of the molecule is COc1cc(C(=O)N2CCC(c3nc(C(=O)NNC(=O)c4sc(C)nc4C)cs3)CC2)nc2ccccc12. The molecule has 0 atom stereocenters. The zero-order valence-electron chi connectivity index (χ0n) is 21.1. The molecule has 4 heterocycles. The number of thiazole rings is 2. The normalized spacial score (nSPS) is 13.9. The van der Waals surface area contributed by atoms with E-state index in [4.69, 9.17) is 4.74 Å². The molecule has 0 spiro atoms. The molecule has 12 heteroatoms. The van der Waals surface area contributed by atoms with Gasteiger partial charge in [0.05, 0.1) is 28.3 Å². The number of para-hydroxylation sites is 1. The average Bonchev–Trinajstić information content (AvgIpc) is 3.57. The van der Waals surface area contributed by atoms with Gasteiger partial charge in [0.1, 0.15) is 22.0 Å². The van der Waals surface area contributed by atoms with Gasteiger partial charge in [-0.25, -0.2) is 15.0 Å². The number of hydrogen-bond donors (Lipinski definition) is 2. The maximum absolute atomic E-state index is 13.2. The number of carbonyl (C=O) groups is 3. The van der Waals surface area contributed by atoms with Crippen LogP contribution < -0.4 is 15.6 Å². The number of nitrogens with one attached hydrogen (secondary N) is 2. The fourth-order valence-corrected chi connectivity index (χ4v) is 6.26. The van der Waals surface area contributed by atoms with E-state index in [1.54, 1.807) is 30.4 Å². The summed E-state index contributed by atoms with van der Waals surface area (Å²) in [6, 6.07) is 9.27. The summed E-state index contributed by atoms with van der Waals surface area (Å²) in [4.78, 5) is 53.6. The van der Waals surface area contributed by atoms with Gasteiger partial charge in [0, 0.05) is 35.8 Å². The number of piperidine rings is 1. The van der Waals surface area contributed by atoms with Crippen molar-refractivity contribution in [2.75, 3.05) is 20.2 Å². The Balaban J connectivity index is 1.18. The highest BCUT2D eigenvalue weighted by Crippen LogP contribution is 2.32. The number of methoxy groups -OCH3 is 1. The summed E-state index contributed by atoms with van der Waals surface area (Å²) in [6.07, 6.45) is 1.46. The van der Waals surface area contributed by atoms with Crippen LogP contribution in [0.3, 0.4) is 0 Å². The highest BCUT2D eigenvalue weighted by atomic mass is 32.1. The standard InChI is InChI=1S/C26H26N6O4S2/c1-14-22(38-15(2)27-14)24(34)31-30-23(33)20-13-37-25(29-20)16-8-10-32(11-9-16)26(35)19-12-21(36-3)17-6-4-5-7-18(17)28-19/h4-7,12-13,16H,8-11H2,1-3H3,(H,30,33)(H,31,34). The molecule has 3 aromatic heterocycles. The molecular weight excluding hydrogens is 524 g/mol. The highest BCUT2D eigenvalue weighted by molar-refractivity contribution is 7.13. The number of aryl methyl sites for hydroxylation is 2. The summed E-state index contributed by atoms with van der Waals surface area (Å²) in [5.74, 6) is -0.261. The minimum absolute atomic E-state index is 0.131. The minimum Gasteiger partial charge on any atom is -0.496 e. The van der Waals surface area contributed by atoms with Crippen molar-refractivity contribution >= 4 is 51.3 Å². The molecule has 1 saturated heterocycles. The first-order chi connectivity index (χ1) is 18.3. The van der Waals surface area contributed by atoms with E-state index in [0.29, 0.717) is 40.6 Å². The fraction of sp³-hybridized carbons (Fsp3) is 0.308. The van der Waals surface area contributed by atoms with Crippen molar-refractivity contribution in [3.05, 3.63) is 67.7 Å². The maximum atomic E-state index is 13.2. The number of ether oxygens (including phenoxy) is 1. The van der Waals surface area contributed by atoms with Crippen molar-refractivity contribution in [2.45, 2.75) is 32.6 Å². The summed E-state index contributed by atoms with van der Waals surface area (Å²) < 4.78 is 5.49. The minimum atomic E-state index is -0.483. The Morgan fingerprint density at radius 1 is 1.00 bits per heavy atom. The van der Waals surface area contributed by atoms with Crippen molar-refractivity contribution in [3.8, 4) is 5.75 Å². The van der Waals surface area contributed by atoms with Crippen LogP contribution in [0.1, 0.15) is 65.1 Å². The Hall–Kier alpha value is -3.90. The van der Waals surface area contributed by atoms with E-state index in [9.17, 15) is 14.4 Å². The Kier molecular flexibility index (Phi) is 7.34. The summed E-state index contributed by atoms with van der Waals surface area (Å²) in [5.41, 5.74) is 6.80. The van der Waals surface area contributed by atoms with Gasteiger partial charge >= 0.3 is 0 Å². The van der Waals surface area contributed by atoms with E-state index in [-0.39, 0.29) is 17.5 Å². The summed E-state index contributed by atoms with van der Waals surface area (Å²) in [6.45, 7) is 4.69. The third-order valence-corrected chi connectivity index (χ3v) is 8.48. The van der Waals surface area contributed by atoms with E-state index >= 15 is 0 Å². The molecule has 0 radical (unpaired) electrons. The van der Waals surface area contributed by atoms with Gasteiger partial charge in [0.25, 0.3) is 17.7 Å². The van der Waals surface area contributed by atoms with Gasteiger partial charge in [-0.15, -0.1) is 22.7 Å². The van der Waals surface area contributed by atoms with Crippen molar-refractivity contribution in [1.82, 2.24) is 30.7 Å². The van der Waals surface area contributed by atoms with Gasteiger partial charge in [-0.2, -0.15) is 0 Å². The fourth-order valence-electron chi connectivity index (χ4n) is 4.47. The molecule has 1 aromatic carbocycles. The molecule has 1 aliphatic rings. The lowest BCUT2D eigenvalue weighted by molar-refractivity contribution is 0.0706. The van der Waals surface area contributed by atoms with Gasteiger partial charge < -0.3 is 9.64 Å². The van der Waals surface area contributed by atoms with E-state index in [1.165, 1.54) is 22.7 Å². The maximum Gasteiger partial charge on any atom is 0.289 e. The molecule has 1 aliphatic heterocycles. The van der Waals surface area contributed by atoms with Gasteiger partial charge in [0.15, 0.2) is 0 Å². The molecule has 196 valence electrons. The van der Waals surface area contributed by atoms with Crippen LogP contribution in [0.5, 0.6) is 5.75 Å². The van der Waals surface area contributed by atoms with E-state index in [2.05, 4.69) is 25.8 Å². The summed E-state index contributed by atoms with van der Waals surface area (Å²) >= 11 is 2.68. The number of hydrazine groups is 1. The molecule has 0 bridgehead atoms. The lowest BCUT2D eigenvalue weighted by atomic mass is 9.97. The first-order valence-electron chi connectivity index (χ1n) is 12.1. The van der Waals surface area contributed by atoms with E-state index in [1.807, 2.05) is 31.2 Å². The number of nitrogens with zero attached hydrogens (tertiary/aromatic N) is 4. The van der Waals surface area contributed by atoms with Gasteiger partial charge in [-0.05, 0) is 38.8 Å². The molecule has 4 aromatic rings. The third kappa shape index (κ3) is 5.22. The smallest absolute Gasteiger partial charge is 0.289 e. The van der Waals surface area contributed by atoms with E-state index in [0.717, 1.165) is 28.2 Å². The topological polar surface area (TPSA) is 126 Å². The second kappa shape index (κ2) is 10.8. The quantitative estimate of drug-likeness (QED) is 0.361. The van der Waals surface area contributed by atoms with Crippen molar-refractivity contribution in [3.63, 3.8) is 0 Å². The molecule has 3 amide bonds. The highest BCUT2D eigenvalue weighted by Gasteiger charge is 2.28. The number of likely N-dealkylation sites (tertiary alicyclic amines) is 1. The number of carbonyl (C=O) groups excluding carboxylic acids is 3. The molecule has 5 rings (SSSR count). The van der Waals surface area contributed by atoms with Crippen LogP contribution in [0.2, 0.25) is 0 Å². The van der Waals surface area contributed by atoms with Gasteiger partial charge in [0.2, 0.25) is 0 Å². The molecule has 0 unspecified atom stereocenters. The second-order valence-corrected chi connectivity index (χ2v) is 11.0. The predicted octanol–water partition coefficient (Wildman–Crippen LogP) is 3.87. The summed E-state index contributed by atoms with van der Waals surface area (Å²) in [7, 11) is 1.58. The summed E-state index contributed by atoms with van der Waals surface area (Å²) in [5, 5.41) is 4.17. The Bertz CT molecular complexity index is 1520. The number of fused-ring (bicyclic) bond motifs is 1. The molecule has 0 aliphatic carbocycles. The van der Waals surface area contributed by atoms with Crippen molar-refractivity contribution in [1.29, 1.82) is 0 Å². The molecule has 10 nitrogen and oxygen atoms in total. The van der Waals surface area contributed by atoms with Crippen LogP contribution in [0.25, 0.3) is 10.9 Å². The predicted molar refractivity (Wildman–Crippen MR) is 145 cm³/mol. The van der Waals surface area contributed by atoms with Crippen LogP contribution in [0.4, 0.5) is 0 Å². The second-order valence-electron chi connectivity index (χ2n) is 8.92. The monoisotopic (exact) mass is 550 g/mol. The molecule has 38 heavy (non-hydrogen) atoms. The Morgan fingerprint density at radius 3 is 2.45 bits per heavy atom. The van der Waals surface area contributed by atoms with Crippen LogP contribution >= 0.6 is 22.7 Å². The first-order valence-corrected chi connectivity index (χ1v) is 13.8. The van der Waals surface area contributed by atoms with Crippen LogP contribution in [-0.4, -0.2) is 57.8 Å². The Morgan fingerprint density at radius 2 is 1.74 bits per heavy atom. The lowest BCUT2D eigenvalue weighted by Gasteiger charge is -2.31. The molecule has 0 saturated carbocycles. The van der Waals surface area contributed by atoms with Gasteiger partial charge in [-0.1, -0.05) is 12.1 Å². The van der Waals surface area contributed by atoms with Crippen LogP contribution in [0, 0.1) is 13.8 Å². The van der Waals surface area contributed by atoms with Gasteiger partial charge in [-0.3, -0.25) is 25.2 Å². The average molecular weight is 551 g/mol. The zero-order chi connectivity index (χ0) is 26.8. The third-order valence-electron chi connectivity index (χ3n) is 6.40. The number of amides is 3. The van der Waals surface area contributed by atoms with E-state index < -0.39 is 11.8 Å². The van der Waals surface area contributed by atoms with Crippen molar-refractivity contribution in [2.24, 2.45) is 0 Å². The number of rotatable bonds is 5. The van der Waals surface area contributed by atoms with Crippen LogP contribution in [-0.2, 0) is 0 Å². The lowest BCUT2D eigenvalue weighted by Crippen LogP contribution is -2.41. The number of benzene rings is 1. The van der Waals surface area contributed by atoms with Crippen LogP contribution in [0.15, 0.2) is 35.7 Å². The first kappa shape index (κ1) is 25.7. The Labute approximate surface area is 227 Å². The largest absolute Gasteiger partial charge is 0.496 e. The molecular formula is C26H26N6O4S2.